The van der Waals surface area contributed by atoms with Gasteiger partial charge in [0, 0.05) is 24.8 Å². The van der Waals surface area contributed by atoms with Crippen LogP contribution in [0, 0.1) is 0 Å². The first kappa shape index (κ1) is 12.1. The van der Waals surface area contributed by atoms with Crippen LogP contribution in [-0.4, -0.2) is 20.6 Å². The molecule has 1 atom stereocenters. The molecule has 1 aromatic heterocycles. The summed E-state index contributed by atoms with van der Waals surface area (Å²) in [6.45, 7) is 2.91. The van der Waals surface area contributed by atoms with Gasteiger partial charge >= 0.3 is 0 Å². The van der Waals surface area contributed by atoms with E-state index in [0.717, 1.165) is 18.8 Å². The number of aryl methyl sites for hydroxylation is 1. The van der Waals surface area contributed by atoms with E-state index < -0.39 is 0 Å². The molecule has 0 saturated carbocycles. The van der Waals surface area contributed by atoms with Gasteiger partial charge < -0.3 is 0 Å². The van der Waals surface area contributed by atoms with Crippen molar-refractivity contribution in [3.05, 3.63) is 48.0 Å². The molecular formula is C13H16ClN3. The predicted octanol–water partition coefficient (Wildman–Crippen LogP) is 2.86. The van der Waals surface area contributed by atoms with Crippen molar-refractivity contribution >= 4 is 11.6 Å². The van der Waals surface area contributed by atoms with Gasteiger partial charge in [-0.25, -0.2) is 4.98 Å². The molecule has 0 N–H and O–H groups in total. The van der Waals surface area contributed by atoms with E-state index in [4.69, 9.17) is 11.6 Å². The molecule has 90 valence electrons. The molecular weight excluding hydrogens is 234 g/mol. The summed E-state index contributed by atoms with van der Waals surface area (Å²) < 4.78 is 1.92. The second-order valence-electron chi connectivity index (χ2n) is 3.96. The van der Waals surface area contributed by atoms with E-state index in [1.54, 1.807) is 6.33 Å². The zero-order valence-corrected chi connectivity index (χ0v) is 10.6. The molecule has 0 aliphatic carbocycles. The van der Waals surface area contributed by atoms with Crippen LogP contribution in [0.3, 0.4) is 0 Å². The molecule has 17 heavy (non-hydrogen) atoms. The Hall–Kier alpha value is -1.35. The Morgan fingerprint density at radius 2 is 2.06 bits per heavy atom. The van der Waals surface area contributed by atoms with Crippen molar-refractivity contribution in [3.8, 4) is 0 Å². The molecule has 4 heteroatoms. The number of aromatic nitrogens is 3. The molecule has 2 rings (SSSR count). The lowest BCUT2D eigenvalue weighted by atomic mass is 9.97. The summed E-state index contributed by atoms with van der Waals surface area (Å²) >= 11 is 6.06. The number of hydrogen-bond acceptors (Lipinski definition) is 2. The number of alkyl halides is 1. The van der Waals surface area contributed by atoms with Gasteiger partial charge in [0.1, 0.15) is 12.2 Å². The van der Waals surface area contributed by atoms with Crippen LogP contribution in [0.4, 0.5) is 0 Å². The summed E-state index contributed by atoms with van der Waals surface area (Å²) in [4.78, 5) is 4.29. The van der Waals surface area contributed by atoms with Crippen molar-refractivity contribution in [2.45, 2.75) is 25.8 Å². The Kier molecular flexibility index (Phi) is 4.15. The Labute approximate surface area is 106 Å². The van der Waals surface area contributed by atoms with E-state index in [1.807, 2.05) is 22.9 Å². The molecule has 0 radical (unpaired) electrons. The molecule has 0 fully saturated rings. The highest BCUT2D eigenvalue weighted by Crippen LogP contribution is 2.21. The first-order valence-electron chi connectivity index (χ1n) is 5.82. The van der Waals surface area contributed by atoms with E-state index in [0.29, 0.717) is 11.8 Å². The predicted molar refractivity (Wildman–Crippen MR) is 69.3 cm³/mol. The van der Waals surface area contributed by atoms with Crippen molar-refractivity contribution in [1.29, 1.82) is 0 Å². The molecule has 3 nitrogen and oxygen atoms in total. The van der Waals surface area contributed by atoms with Crippen molar-refractivity contribution < 1.29 is 0 Å². The van der Waals surface area contributed by atoms with Crippen LogP contribution in [0.25, 0.3) is 0 Å². The summed E-state index contributed by atoms with van der Waals surface area (Å²) in [5.74, 6) is 1.90. The molecule has 0 saturated heterocycles. The lowest BCUT2D eigenvalue weighted by Crippen LogP contribution is -2.11. The van der Waals surface area contributed by atoms with E-state index in [-0.39, 0.29) is 0 Å². The van der Waals surface area contributed by atoms with Gasteiger partial charge in [-0.3, -0.25) is 4.68 Å². The quantitative estimate of drug-likeness (QED) is 0.763. The van der Waals surface area contributed by atoms with E-state index >= 15 is 0 Å². The maximum atomic E-state index is 6.06. The number of hydrogen-bond donors (Lipinski definition) is 0. The normalized spacial score (nSPS) is 12.6. The van der Waals surface area contributed by atoms with E-state index in [1.165, 1.54) is 5.56 Å². The smallest absolute Gasteiger partial charge is 0.138 e. The average molecular weight is 250 g/mol. The minimum Gasteiger partial charge on any atom is -0.250 e. The van der Waals surface area contributed by atoms with Crippen molar-refractivity contribution in [2.24, 2.45) is 0 Å². The summed E-state index contributed by atoms with van der Waals surface area (Å²) in [6, 6.07) is 10.3. The third kappa shape index (κ3) is 2.86. The maximum absolute atomic E-state index is 6.06. The molecule has 0 spiro atoms. The molecule has 0 aliphatic rings. The topological polar surface area (TPSA) is 30.7 Å². The van der Waals surface area contributed by atoms with E-state index in [9.17, 15) is 0 Å². The van der Waals surface area contributed by atoms with Crippen LogP contribution in [0.5, 0.6) is 0 Å². The zero-order valence-electron chi connectivity index (χ0n) is 9.88. The van der Waals surface area contributed by atoms with Crippen molar-refractivity contribution in [3.63, 3.8) is 0 Å². The van der Waals surface area contributed by atoms with Gasteiger partial charge in [-0.05, 0) is 12.5 Å². The van der Waals surface area contributed by atoms with Gasteiger partial charge in [0.25, 0.3) is 0 Å². The standard InChI is InChI=1S/C13H16ClN3/c1-2-17-13(15-10-16-17)8-12(9-14)11-6-4-3-5-7-11/h3-7,10,12H,2,8-9H2,1H3. The second-order valence-corrected chi connectivity index (χ2v) is 4.27. The average Bonchev–Trinajstić information content (AvgIpc) is 2.84. The van der Waals surface area contributed by atoms with E-state index in [2.05, 4.69) is 29.1 Å². The maximum Gasteiger partial charge on any atom is 0.138 e. The fourth-order valence-electron chi connectivity index (χ4n) is 1.92. The molecule has 1 heterocycles. The minimum atomic E-state index is 0.298. The third-order valence-corrected chi connectivity index (χ3v) is 3.25. The number of rotatable bonds is 5. The minimum absolute atomic E-state index is 0.298. The van der Waals surface area contributed by atoms with Crippen molar-refractivity contribution in [1.82, 2.24) is 14.8 Å². The molecule has 0 aliphatic heterocycles. The summed E-state index contributed by atoms with van der Waals surface area (Å²) in [5, 5.41) is 4.18. The number of benzene rings is 1. The van der Waals surface area contributed by atoms with Crippen LogP contribution in [0.15, 0.2) is 36.7 Å². The van der Waals surface area contributed by atoms with Crippen LogP contribution >= 0.6 is 11.6 Å². The highest BCUT2D eigenvalue weighted by atomic mass is 35.5. The van der Waals surface area contributed by atoms with Gasteiger partial charge in [0.05, 0.1) is 0 Å². The molecule has 1 unspecified atom stereocenters. The molecule has 0 bridgehead atoms. The SMILES string of the molecule is CCn1ncnc1CC(CCl)c1ccccc1. The lowest BCUT2D eigenvalue weighted by Gasteiger charge is -2.14. The fraction of sp³-hybridized carbons (Fsp3) is 0.385. The highest BCUT2D eigenvalue weighted by Gasteiger charge is 2.14. The van der Waals surface area contributed by atoms with Crippen LogP contribution in [-0.2, 0) is 13.0 Å². The zero-order chi connectivity index (χ0) is 12.1. The van der Waals surface area contributed by atoms with Crippen LogP contribution < -0.4 is 0 Å². The molecule has 2 aromatic rings. The summed E-state index contributed by atoms with van der Waals surface area (Å²) in [5.41, 5.74) is 1.26. The van der Waals surface area contributed by atoms with Gasteiger partial charge in [-0.2, -0.15) is 5.10 Å². The fourth-order valence-corrected chi connectivity index (χ4v) is 2.20. The number of halogens is 1. The Balaban J connectivity index is 2.16. The summed E-state index contributed by atoms with van der Waals surface area (Å²) in [7, 11) is 0. The lowest BCUT2D eigenvalue weighted by molar-refractivity contribution is 0.590. The van der Waals surface area contributed by atoms with Gasteiger partial charge in [-0.15, -0.1) is 11.6 Å². The summed E-state index contributed by atoms with van der Waals surface area (Å²) in [6.07, 6.45) is 2.44. The van der Waals surface area contributed by atoms with Gasteiger partial charge in [-0.1, -0.05) is 30.3 Å². The largest absolute Gasteiger partial charge is 0.250 e. The Bertz CT molecular complexity index is 453. The molecule has 1 aromatic carbocycles. The first-order valence-corrected chi connectivity index (χ1v) is 6.36. The van der Waals surface area contributed by atoms with Crippen LogP contribution in [0.1, 0.15) is 24.2 Å². The van der Waals surface area contributed by atoms with Crippen molar-refractivity contribution in [2.75, 3.05) is 5.88 Å². The van der Waals surface area contributed by atoms with Gasteiger partial charge in [0.15, 0.2) is 0 Å². The van der Waals surface area contributed by atoms with Crippen LogP contribution in [0.2, 0.25) is 0 Å². The Morgan fingerprint density at radius 1 is 1.29 bits per heavy atom. The highest BCUT2D eigenvalue weighted by molar-refractivity contribution is 6.18. The Morgan fingerprint density at radius 3 is 2.71 bits per heavy atom. The first-order chi connectivity index (χ1) is 8.35. The molecule has 0 amide bonds. The third-order valence-electron chi connectivity index (χ3n) is 2.88. The van der Waals surface area contributed by atoms with Gasteiger partial charge in [0.2, 0.25) is 0 Å². The second kappa shape index (κ2) is 5.82. The monoisotopic (exact) mass is 249 g/mol. The number of nitrogens with zero attached hydrogens (tertiary/aromatic N) is 3.